The zero-order valence-corrected chi connectivity index (χ0v) is 11.2. The highest BCUT2D eigenvalue weighted by atomic mass is 19.2. The molecule has 1 fully saturated rings. The van der Waals surface area contributed by atoms with E-state index in [2.05, 4.69) is 10.2 Å². The molecule has 0 bridgehead atoms. The highest BCUT2D eigenvalue weighted by Crippen LogP contribution is 2.13. The quantitative estimate of drug-likeness (QED) is 0.781. The number of likely N-dealkylation sites (tertiary alicyclic amines) is 1. The maximum absolute atomic E-state index is 13.0. The van der Waals surface area contributed by atoms with Crippen molar-refractivity contribution in [2.75, 3.05) is 26.2 Å². The van der Waals surface area contributed by atoms with Gasteiger partial charge in [0.05, 0.1) is 6.10 Å². The van der Waals surface area contributed by atoms with Gasteiger partial charge in [0.15, 0.2) is 17.5 Å². The monoisotopic (exact) mass is 288 g/mol. The average molecular weight is 288 g/mol. The summed E-state index contributed by atoms with van der Waals surface area (Å²) < 4.78 is 38.8. The van der Waals surface area contributed by atoms with E-state index in [1.165, 1.54) is 0 Å². The first kappa shape index (κ1) is 15.3. The first-order chi connectivity index (χ1) is 9.56. The predicted octanol–water partition coefficient (Wildman–Crippen LogP) is 1.65. The maximum Gasteiger partial charge on any atom is 0.194 e. The number of hydrogen-bond donors (Lipinski definition) is 2. The summed E-state index contributed by atoms with van der Waals surface area (Å²) >= 11 is 0. The van der Waals surface area contributed by atoms with Crippen LogP contribution in [0.25, 0.3) is 0 Å². The number of hydrogen-bond acceptors (Lipinski definition) is 3. The summed E-state index contributed by atoms with van der Waals surface area (Å²) in [5.41, 5.74) is 0.315. The van der Waals surface area contributed by atoms with Crippen LogP contribution in [0.3, 0.4) is 0 Å². The van der Waals surface area contributed by atoms with Crippen molar-refractivity contribution in [1.82, 2.24) is 10.2 Å². The maximum atomic E-state index is 13.0. The van der Waals surface area contributed by atoms with Crippen LogP contribution in [-0.4, -0.2) is 42.3 Å². The minimum atomic E-state index is -1.46. The Hall–Kier alpha value is -1.11. The Bertz CT molecular complexity index is 427. The molecule has 2 N–H and O–H groups in total. The van der Waals surface area contributed by atoms with Crippen molar-refractivity contribution in [2.24, 2.45) is 0 Å². The summed E-state index contributed by atoms with van der Waals surface area (Å²) in [6.07, 6.45) is 1.80. The Kier molecular flexibility index (Phi) is 5.39. The van der Waals surface area contributed by atoms with Gasteiger partial charge in [-0.1, -0.05) is 0 Å². The van der Waals surface area contributed by atoms with E-state index in [9.17, 15) is 18.3 Å². The van der Waals surface area contributed by atoms with Gasteiger partial charge in [-0.2, -0.15) is 0 Å². The van der Waals surface area contributed by atoms with Gasteiger partial charge >= 0.3 is 0 Å². The summed E-state index contributed by atoms with van der Waals surface area (Å²) in [4.78, 5) is 2.18. The van der Waals surface area contributed by atoms with Crippen LogP contribution in [0.15, 0.2) is 12.1 Å². The number of halogens is 3. The Labute approximate surface area is 116 Å². The molecule has 1 aromatic rings. The SMILES string of the molecule is OC(CNCc1cc(F)c(F)c(F)c1)CN1CCCC1. The number of rotatable bonds is 6. The number of aliphatic hydroxyl groups excluding tert-OH is 1. The van der Waals surface area contributed by atoms with Crippen molar-refractivity contribution in [2.45, 2.75) is 25.5 Å². The molecule has 0 aliphatic carbocycles. The number of β-amino-alcohol motifs (C(OH)–C–C–N with tert-alkyl or cyclic N) is 1. The van der Waals surface area contributed by atoms with Gasteiger partial charge in [-0.05, 0) is 43.6 Å². The average Bonchev–Trinajstić information content (AvgIpc) is 2.88. The van der Waals surface area contributed by atoms with Crippen LogP contribution < -0.4 is 5.32 Å². The van der Waals surface area contributed by atoms with Crippen LogP contribution in [0.5, 0.6) is 0 Å². The van der Waals surface area contributed by atoms with Crippen molar-refractivity contribution >= 4 is 0 Å². The van der Waals surface area contributed by atoms with Crippen LogP contribution in [0, 0.1) is 17.5 Å². The molecule has 0 saturated carbocycles. The molecule has 1 heterocycles. The van der Waals surface area contributed by atoms with Crippen molar-refractivity contribution in [1.29, 1.82) is 0 Å². The largest absolute Gasteiger partial charge is 0.390 e. The zero-order chi connectivity index (χ0) is 14.5. The smallest absolute Gasteiger partial charge is 0.194 e. The topological polar surface area (TPSA) is 35.5 Å². The fraction of sp³-hybridized carbons (Fsp3) is 0.571. The molecule has 3 nitrogen and oxygen atoms in total. The summed E-state index contributed by atoms with van der Waals surface area (Å²) in [6, 6.07) is 1.91. The molecule has 0 amide bonds. The lowest BCUT2D eigenvalue weighted by Crippen LogP contribution is -2.36. The predicted molar refractivity (Wildman–Crippen MR) is 69.7 cm³/mol. The van der Waals surface area contributed by atoms with Crippen LogP contribution in [0.1, 0.15) is 18.4 Å². The molecule has 1 saturated heterocycles. The van der Waals surface area contributed by atoms with Gasteiger partial charge in [-0.25, -0.2) is 13.2 Å². The molecule has 1 aliphatic heterocycles. The van der Waals surface area contributed by atoms with Crippen LogP contribution in [0.4, 0.5) is 13.2 Å². The van der Waals surface area contributed by atoms with E-state index in [0.717, 1.165) is 38.1 Å². The molecule has 0 spiro atoms. The Morgan fingerprint density at radius 1 is 1.15 bits per heavy atom. The van der Waals surface area contributed by atoms with Crippen molar-refractivity contribution in [3.63, 3.8) is 0 Å². The van der Waals surface area contributed by atoms with E-state index in [0.29, 0.717) is 18.7 Å². The number of benzene rings is 1. The van der Waals surface area contributed by atoms with Gasteiger partial charge in [-0.15, -0.1) is 0 Å². The van der Waals surface area contributed by atoms with Gasteiger partial charge in [0.1, 0.15) is 0 Å². The van der Waals surface area contributed by atoms with E-state index in [1.54, 1.807) is 0 Å². The molecular formula is C14H19F3N2O. The highest BCUT2D eigenvalue weighted by molar-refractivity contribution is 5.19. The lowest BCUT2D eigenvalue weighted by atomic mass is 10.2. The molecule has 1 aromatic carbocycles. The summed E-state index contributed by atoms with van der Waals surface area (Å²) in [7, 11) is 0. The molecule has 2 rings (SSSR count). The summed E-state index contributed by atoms with van der Waals surface area (Å²) in [5.74, 6) is -3.85. The molecule has 1 atom stereocenters. The summed E-state index contributed by atoms with van der Waals surface area (Å²) in [5, 5.41) is 12.7. The molecule has 6 heteroatoms. The van der Waals surface area contributed by atoms with Gasteiger partial charge in [0.2, 0.25) is 0 Å². The standard InChI is InChI=1S/C14H19F3N2O/c15-12-5-10(6-13(16)14(12)17)7-18-8-11(20)9-19-3-1-2-4-19/h5-6,11,18,20H,1-4,7-9H2. The lowest BCUT2D eigenvalue weighted by Gasteiger charge is -2.19. The number of aliphatic hydroxyl groups is 1. The van der Waals surface area contributed by atoms with Gasteiger partial charge in [0.25, 0.3) is 0 Å². The zero-order valence-electron chi connectivity index (χ0n) is 11.2. The molecule has 20 heavy (non-hydrogen) atoms. The second kappa shape index (κ2) is 7.06. The third-order valence-electron chi connectivity index (χ3n) is 3.42. The van der Waals surface area contributed by atoms with Crippen molar-refractivity contribution in [3.8, 4) is 0 Å². The molecule has 112 valence electrons. The van der Waals surface area contributed by atoms with Crippen LogP contribution in [-0.2, 0) is 6.54 Å². The Balaban J connectivity index is 1.74. The first-order valence-corrected chi connectivity index (χ1v) is 6.81. The van der Waals surface area contributed by atoms with Crippen LogP contribution >= 0.6 is 0 Å². The Morgan fingerprint density at radius 2 is 1.75 bits per heavy atom. The highest BCUT2D eigenvalue weighted by Gasteiger charge is 2.15. The van der Waals surface area contributed by atoms with E-state index >= 15 is 0 Å². The fourth-order valence-electron chi connectivity index (χ4n) is 2.42. The fourth-order valence-corrected chi connectivity index (χ4v) is 2.42. The number of nitrogens with zero attached hydrogens (tertiary/aromatic N) is 1. The van der Waals surface area contributed by atoms with E-state index in [1.807, 2.05) is 0 Å². The minimum absolute atomic E-state index is 0.186. The Morgan fingerprint density at radius 3 is 2.35 bits per heavy atom. The van der Waals surface area contributed by atoms with Crippen molar-refractivity contribution < 1.29 is 18.3 Å². The third-order valence-corrected chi connectivity index (χ3v) is 3.42. The number of nitrogens with one attached hydrogen (secondary N) is 1. The second-order valence-electron chi connectivity index (χ2n) is 5.17. The summed E-state index contributed by atoms with van der Waals surface area (Å²) in [6.45, 7) is 3.12. The van der Waals surface area contributed by atoms with Crippen LogP contribution in [0.2, 0.25) is 0 Å². The second-order valence-corrected chi connectivity index (χ2v) is 5.17. The molecule has 0 aromatic heterocycles. The molecule has 1 unspecified atom stereocenters. The molecular weight excluding hydrogens is 269 g/mol. The lowest BCUT2D eigenvalue weighted by molar-refractivity contribution is 0.123. The van der Waals surface area contributed by atoms with Gasteiger partial charge in [0, 0.05) is 19.6 Å². The van der Waals surface area contributed by atoms with E-state index in [-0.39, 0.29) is 6.54 Å². The molecule has 1 aliphatic rings. The van der Waals surface area contributed by atoms with E-state index < -0.39 is 23.6 Å². The molecule has 0 radical (unpaired) electrons. The van der Waals surface area contributed by atoms with Gasteiger partial charge in [-0.3, -0.25) is 0 Å². The van der Waals surface area contributed by atoms with Crippen molar-refractivity contribution in [3.05, 3.63) is 35.1 Å². The van der Waals surface area contributed by atoms with E-state index in [4.69, 9.17) is 0 Å². The third kappa shape index (κ3) is 4.19. The first-order valence-electron chi connectivity index (χ1n) is 6.81. The van der Waals surface area contributed by atoms with Gasteiger partial charge < -0.3 is 15.3 Å². The normalized spacial score (nSPS) is 17.6. The minimum Gasteiger partial charge on any atom is -0.390 e.